The number of amides is 1. The van der Waals surface area contributed by atoms with Crippen molar-refractivity contribution in [3.8, 4) is 28.6 Å². The van der Waals surface area contributed by atoms with Gasteiger partial charge < -0.3 is 19.3 Å². The molecule has 4 rings (SSSR count). The first-order chi connectivity index (χ1) is 16.6. The molecule has 182 valence electrons. The largest absolute Gasteiger partial charge is 0.502 e. The van der Waals surface area contributed by atoms with Crippen molar-refractivity contribution in [2.75, 3.05) is 0 Å². The quantitative estimate of drug-likeness (QED) is 0.417. The Balaban J connectivity index is 1.61. The summed E-state index contributed by atoms with van der Waals surface area (Å²) in [6, 6.07) is 11.0. The minimum atomic E-state index is -0.559. The van der Waals surface area contributed by atoms with Crippen LogP contribution in [0.4, 0.5) is 10.5 Å². The number of ether oxygens (including phenoxy) is 2. The molecule has 8 heteroatoms. The molecule has 1 heterocycles. The number of hydrogen-bond acceptors (Lipinski definition) is 6. The van der Waals surface area contributed by atoms with Crippen molar-refractivity contribution in [1.82, 2.24) is 15.5 Å². The third-order valence-electron chi connectivity index (χ3n) is 5.55. The third kappa shape index (κ3) is 5.62. The van der Waals surface area contributed by atoms with Crippen LogP contribution >= 0.6 is 0 Å². The van der Waals surface area contributed by atoms with Crippen LogP contribution in [0, 0.1) is 6.57 Å². The normalized spacial score (nSPS) is 15.3. The van der Waals surface area contributed by atoms with Crippen molar-refractivity contribution >= 4 is 11.8 Å². The highest BCUT2D eigenvalue weighted by Crippen LogP contribution is 2.37. The Hall–Kier alpha value is -3.86. The summed E-state index contributed by atoms with van der Waals surface area (Å²) in [7, 11) is 0. The number of hydrogen-bond donors (Lipinski definition) is 1. The number of benzene rings is 2. The van der Waals surface area contributed by atoms with Crippen LogP contribution in [0.25, 0.3) is 27.7 Å². The van der Waals surface area contributed by atoms with Crippen LogP contribution in [0.3, 0.4) is 0 Å². The van der Waals surface area contributed by atoms with E-state index in [9.17, 15) is 4.79 Å². The lowest BCUT2D eigenvalue weighted by Gasteiger charge is -2.29. The van der Waals surface area contributed by atoms with Crippen LogP contribution < -0.4 is 10.1 Å². The maximum Gasteiger partial charge on any atom is 0.408 e. The summed E-state index contributed by atoms with van der Waals surface area (Å²) in [6.45, 7) is 16.9. The Morgan fingerprint density at radius 1 is 1.26 bits per heavy atom. The van der Waals surface area contributed by atoms with E-state index in [1.54, 1.807) is 12.1 Å². The topological polar surface area (TPSA) is 90.8 Å². The number of carbonyl (C=O) groups excluding carboxylic acids is 1. The molecule has 0 spiro atoms. The van der Waals surface area contributed by atoms with E-state index < -0.39 is 11.7 Å². The third-order valence-corrected chi connectivity index (χ3v) is 5.55. The van der Waals surface area contributed by atoms with Gasteiger partial charge in [-0.05, 0) is 83.2 Å². The predicted octanol–water partition coefficient (Wildman–Crippen LogP) is 6.64. The van der Waals surface area contributed by atoms with Gasteiger partial charge in [-0.3, -0.25) is 0 Å². The standard InChI is InChI=1S/C27H30N4O4/c1-16(2)33-23-14-13-17(15-22(23)28-6)25-30-24(31-35-25)20-11-7-10-19-18(20)9-8-12-21(19)29-26(32)34-27(3,4)5/h7,10-11,13-16,21H,8-9,12H2,1-5H3,(H,29,32)/t21-/m0/s1. The first-order valence-corrected chi connectivity index (χ1v) is 11.8. The number of nitrogens with zero attached hydrogens (tertiary/aromatic N) is 3. The zero-order chi connectivity index (χ0) is 25.2. The molecule has 1 amide bonds. The molecule has 0 fully saturated rings. The highest BCUT2D eigenvalue weighted by Gasteiger charge is 2.27. The Morgan fingerprint density at radius 3 is 2.77 bits per heavy atom. The zero-order valence-electron chi connectivity index (χ0n) is 20.7. The molecule has 1 atom stereocenters. The van der Waals surface area contributed by atoms with Gasteiger partial charge in [-0.1, -0.05) is 23.4 Å². The van der Waals surface area contributed by atoms with Crippen LogP contribution in [0.1, 0.15) is 64.6 Å². The van der Waals surface area contributed by atoms with E-state index in [1.165, 1.54) is 0 Å². The van der Waals surface area contributed by atoms with Gasteiger partial charge in [0.15, 0.2) is 0 Å². The molecule has 0 saturated heterocycles. The average Bonchev–Trinajstić information content (AvgIpc) is 3.27. The van der Waals surface area contributed by atoms with Crippen LogP contribution in [0.2, 0.25) is 0 Å². The summed E-state index contributed by atoms with van der Waals surface area (Å²) in [5, 5.41) is 7.23. The zero-order valence-corrected chi connectivity index (χ0v) is 20.7. The van der Waals surface area contributed by atoms with Crippen molar-refractivity contribution in [2.24, 2.45) is 0 Å². The van der Waals surface area contributed by atoms with E-state index in [0.29, 0.717) is 28.7 Å². The second kappa shape index (κ2) is 9.79. The van der Waals surface area contributed by atoms with Gasteiger partial charge >= 0.3 is 6.09 Å². The SMILES string of the molecule is [C-]#[N+]c1cc(-c2nc(-c3cccc4c3CCC[C@@H]4NC(=O)OC(C)(C)C)no2)ccc1OC(C)C. The molecule has 3 aromatic rings. The number of fused-ring (bicyclic) bond motifs is 1. The molecule has 0 aliphatic heterocycles. The van der Waals surface area contributed by atoms with Crippen molar-refractivity contribution in [1.29, 1.82) is 0 Å². The molecule has 1 aromatic heterocycles. The molecule has 1 aliphatic rings. The smallest absolute Gasteiger partial charge is 0.408 e. The Kier molecular flexibility index (Phi) is 6.79. The number of nitrogens with one attached hydrogen (secondary N) is 1. The molecule has 0 radical (unpaired) electrons. The minimum absolute atomic E-state index is 0.0331. The fourth-order valence-corrected chi connectivity index (χ4v) is 4.20. The molecule has 35 heavy (non-hydrogen) atoms. The van der Waals surface area contributed by atoms with E-state index in [-0.39, 0.29) is 12.1 Å². The molecular formula is C27H30N4O4. The first kappa shape index (κ1) is 24.3. The molecular weight excluding hydrogens is 444 g/mol. The van der Waals surface area contributed by atoms with E-state index in [0.717, 1.165) is 36.0 Å². The lowest BCUT2D eigenvalue weighted by molar-refractivity contribution is 0.0498. The second-order valence-electron chi connectivity index (χ2n) is 9.85. The summed E-state index contributed by atoms with van der Waals surface area (Å²) in [4.78, 5) is 20.6. The fraction of sp³-hybridized carbons (Fsp3) is 0.407. The molecule has 0 unspecified atom stereocenters. The summed E-state index contributed by atoms with van der Waals surface area (Å²) in [5.41, 5.74) is 3.49. The van der Waals surface area contributed by atoms with Gasteiger partial charge in [-0.2, -0.15) is 4.98 Å². The van der Waals surface area contributed by atoms with Gasteiger partial charge in [-0.25, -0.2) is 9.64 Å². The van der Waals surface area contributed by atoms with E-state index >= 15 is 0 Å². The summed E-state index contributed by atoms with van der Waals surface area (Å²) >= 11 is 0. The molecule has 0 saturated carbocycles. The number of alkyl carbamates (subject to hydrolysis) is 1. The van der Waals surface area contributed by atoms with E-state index in [2.05, 4.69) is 20.3 Å². The van der Waals surface area contributed by atoms with Crippen molar-refractivity contribution < 1.29 is 18.8 Å². The second-order valence-corrected chi connectivity index (χ2v) is 9.85. The monoisotopic (exact) mass is 474 g/mol. The highest BCUT2D eigenvalue weighted by atomic mass is 16.6. The van der Waals surface area contributed by atoms with Gasteiger partial charge in [0.05, 0.1) is 18.7 Å². The summed E-state index contributed by atoms with van der Waals surface area (Å²) in [6.07, 6.45) is 2.14. The van der Waals surface area contributed by atoms with Crippen LogP contribution in [-0.2, 0) is 11.2 Å². The Labute approximate surface area is 205 Å². The van der Waals surface area contributed by atoms with E-state index in [1.807, 2.05) is 58.9 Å². The molecule has 0 bridgehead atoms. The lowest BCUT2D eigenvalue weighted by Crippen LogP contribution is -2.36. The predicted molar refractivity (Wildman–Crippen MR) is 132 cm³/mol. The number of aromatic nitrogens is 2. The summed E-state index contributed by atoms with van der Waals surface area (Å²) in [5.74, 6) is 1.33. The molecule has 8 nitrogen and oxygen atoms in total. The van der Waals surface area contributed by atoms with Crippen LogP contribution in [0.15, 0.2) is 40.9 Å². The maximum atomic E-state index is 12.4. The average molecular weight is 475 g/mol. The molecule has 1 N–H and O–H groups in total. The molecule has 1 aliphatic carbocycles. The summed E-state index contributed by atoms with van der Waals surface area (Å²) < 4.78 is 16.7. The highest BCUT2D eigenvalue weighted by molar-refractivity contribution is 5.71. The van der Waals surface area contributed by atoms with Gasteiger partial charge in [0.1, 0.15) is 11.4 Å². The van der Waals surface area contributed by atoms with Crippen LogP contribution in [0.5, 0.6) is 5.75 Å². The Morgan fingerprint density at radius 2 is 2.06 bits per heavy atom. The number of carbonyl (C=O) groups is 1. The van der Waals surface area contributed by atoms with Crippen molar-refractivity contribution in [3.05, 3.63) is 58.9 Å². The lowest BCUT2D eigenvalue weighted by atomic mass is 9.84. The van der Waals surface area contributed by atoms with Gasteiger partial charge in [0.25, 0.3) is 5.89 Å². The molecule has 2 aromatic carbocycles. The Bertz CT molecular complexity index is 1270. The van der Waals surface area contributed by atoms with Crippen LogP contribution in [-0.4, -0.2) is 27.9 Å². The first-order valence-electron chi connectivity index (χ1n) is 11.8. The fourth-order valence-electron chi connectivity index (χ4n) is 4.20. The maximum absolute atomic E-state index is 12.4. The van der Waals surface area contributed by atoms with Crippen molar-refractivity contribution in [2.45, 2.75) is 71.6 Å². The van der Waals surface area contributed by atoms with Gasteiger partial charge in [0.2, 0.25) is 11.5 Å². The van der Waals surface area contributed by atoms with Gasteiger partial charge in [-0.15, -0.1) is 0 Å². The van der Waals surface area contributed by atoms with Crippen molar-refractivity contribution in [3.63, 3.8) is 0 Å². The van der Waals surface area contributed by atoms with Gasteiger partial charge in [0, 0.05) is 11.1 Å². The van der Waals surface area contributed by atoms with E-state index in [4.69, 9.17) is 20.6 Å². The minimum Gasteiger partial charge on any atom is -0.502 e. The number of rotatable bonds is 5.